The summed E-state index contributed by atoms with van der Waals surface area (Å²) in [4.78, 5) is 0. The second-order valence-electron chi connectivity index (χ2n) is 7.31. The minimum atomic E-state index is -4.82. The number of hydrogen-bond donors (Lipinski definition) is 0. The minimum Gasteiger partial charge on any atom is -0.406 e. The van der Waals surface area contributed by atoms with Crippen LogP contribution in [0.25, 0.3) is 11.1 Å². The van der Waals surface area contributed by atoms with Crippen LogP contribution in [0.1, 0.15) is 50.2 Å². The molecule has 1 aliphatic rings. The SMILES string of the molecule is CCCCCCC1=CCc2c(cc(F)c(-c3ccc(OC(F)(F)F)cc3)c2F)C1. The first-order chi connectivity index (χ1) is 13.8. The third kappa shape index (κ3) is 5.37. The highest BCUT2D eigenvalue weighted by Gasteiger charge is 2.31. The van der Waals surface area contributed by atoms with Gasteiger partial charge in [-0.05, 0) is 60.6 Å². The van der Waals surface area contributed by atoms with Crippen molar-refractivity contribution in [2.45, 2.75) is 58.2 Å². The van der Waals surface area contributed by atoms with Gasteiger partial charge in [0.25, 0.3) is 0 Å². The largest absolute Gasteiger partial charge is 0.573 e. The Bertz CT molecular complexity index is 882. The molecular formula is C23H23F5O. The Hall–Kier alpha value is -2.37. The maximum absolute atomic E-state index is 15.1. The molecule has 6 heteroatoms. The highest BCUT2D eigenvalue weighted by molar-refractivity contribution is 5.68. The zero-order valence-corrected chi connectivity index (χ0v) is 16.2. The Morgan fingerprint density at radius 3 is 2.38 bits per heavy atom. The zero-order valence-electron chi connectivity index (χ0n) is 16.2. The Balaban J connectivity index is 1.80. The lowest BCUT2D eigenvalue weighted by atomic mass is 9.86. The predicted molar refractivity (Wildman–Crippen MR) is 103 cm³/mol. The fourth-order valence-electron chi connectivity index (χ4n) is 3.71. The van der Waals surface area contributed by atoms with Crippen molar-refractivity contribution in [3.63, 3.8) is 0 Å². The average Bonchev–Trinajstić information content (AvgIpc) is 2.65. The number of rotatable bonds is 7. The molecule has 0 aliphatic heterocycles. The molecule has 0 amide bonds. The molecule has 3 rings (SSSR count). The van der Waals surface area contributed by atoms with Crippen molar-refractivity contribution in [1.82, 2.24) is 0 Å². The highest BCUT2D eigenvalue weighted by atomic mass is 19.4. The zero-order chi connectivity index (χ0) is 21.0. The lowest BCUT2D eigenvalue weighted by Crippen LogP contribution is -2.17. The van der Waals surface area contributed by atoms with Crippen LogP contribution in [-0.4, -0.2) is 6.36 Å². The molecule has 1 nitrogen and oxygen atoms in total. The summed E-state index contributed by atoms with van der Waals surface area (Å²) in [6.45, 7) is 2.15. The van der Waals surface area contributed by atoms with E-state index in [1.807, 2.05) is 6.08 Å². The van der Waals surface area contributed by atoms with Gasteiger partial charge in [-0.25, -0.2) is 8.78 Å². The first-order valence-corrected chi connectivity index (χ1v) is 9.82. The van der Waals surface area contributed by atoms with Gasteiger partial charge in [-0.2, -0.15) is 0 Å². The summed E-state index contributed by atoms with van der Waals surface area (Å²) < 4.78 is 70.4. The lowest BCUT2D eigenvalue weighted by Gasteiger charge is -2.20. The fourth-order valence-corrected chi connectivity index (χ4v) is 3.71. The topological polar surface area (TPSA) is 9.23 Å². The summed E-state index contributed by atoms with van der Waals surface area (Å²) in [6.07, 6.45) is 3.63. The molecule has 0 heterocycles. The van der Waals surface area contributed by atoms with E-state index in [0.717, 1.165) is 37.8 Å². The van der Waals surface area contributed by atoms with Crippen LogP contribution in [0.5, 0.6) is 5.75 Å². The Morgan fingerprint density at radius 1 is 1.00 bits per heavy atom. The van der Waals surface area contributed by atoms with Crippen LogP contribution >= 0.6 is 0 Å². The van der Waals surface area contributed by atoms with E-state index in [4.69, 9.17) is 0 Å². The molecule has 0 bridgehead atoms. The van der Waals surface area contributed by atoms with Crippen LogP contribution in [0.3, 0.4) is 0 Å². The number of benzene rings is 2. The summed E-state index contributed by atoms with van der Waals surface area (Å²) in [5.74, 6) is -1.79. The standard InChI is InChI=1S/C23H23F5O/c1-2-3-4-5-6-15-7-12-19-17(13-15)14-20(24)21(22(19)25)16-8-10-18(11-9-16)29-23(26,27)28/h7-11,14H,2-6,12-13H2,1H3. The Kier molecular flexibility index (Phi) is 6.60. The van der Waals surface area contributed by atoms with E-state index in [9.17, 15) is 17.6 Å². The number of allylic oxidation sites excluding steroid dienone is 2. The predicted octanol–water partition coefficient (Wildman–Crippen LogP) is 7.53. The molecule has 0 spiro atoms. The van der Waals surface area contributed by atoms with Crippen molar-refractivity contribution in [2.24, 2.45) is 0 Å². The highest BCUT2D eigenvalue weighted by Crippen LogP contribution is 2.35. The molecule has 2 aromatic rings. The Morgan fingerprint density at radius 2 is 1.72 bits per heavy atom. The van der Waals surface area contributed by atoms with E-state index in [-0.39, 0.29) is 11.1 Å². The van der Waals surface area contributed by atoms with Gasteiger partial charge in [0, 0.05) is 0 Å². The van der Waals surface area contributed by atoms with Crippen molar-refractivity contribution >= 4 is 0 Å². The minimum absolute atomic E-state index is 0.173. The third-order valence-corrected chi connectivity index (χ3v) is 5.15. The molecule has 0 fully saturated rings. The molecule has 0 saturated carbocycles. The van der Waals surface area contributed by atoms with Crippen LogP contribution in [0.2, 0.25) is 0 Å². The normalized spacial score (nSPS) is 13.8. The van der Waals surface area contributed by atoms with Gasteiger partial charge < -0.3 is 4.74 Å². The monoisotopic (exact) mass is 410 g/mol. The molecule has 0 aromatic heterocycles. The number of unbranched alkanes of at least 4 members (excludes halogenated alkanes) is 3. The fraction of sp³-hybridized carbons (Fsp3) is 0.391. The van der Waals surface area contributed by atoms with Crippen molar-refractivity contribution in [3.8, 4) is 16.9 Å². The number of fused-ring (bicyclic) bond motifs is 1. The van der Waals surface area contributed by atoms with Crippen LogP contribution in [-0.2, 0) is 12.8 Å². The van der Waals surface area contributed by atoms with Crippen LogP contribution in [0.15, 0.2) is 42.0 Å². The van der Waals surface area contributed by atoms with Crippen molar-refractivity contribution < 1.29 is 26.7 Å². The molecule has 0 saturated heterocycles. The Labute approximate surface area is 167 Å². The summed E-state index contributed by atoms with van der Waals surface area (Å²) in [5, 5.41) is 0. The van der Waals surface area contributed by atoms with Gasteiger partial charge in [0.05, 0.1) is 5.56 Å². The molecule has 0 atom stereocenters. The van der Waals surface area contributed by atoms with E-state index in [1.165, 1.54) is 30.2 Å². The number of ether oxygens (including phenoxy) is 1. The van der Waals surface area contributed by atoms with Gasteiger partial charge in [-0.1, -0.05) is 50.0 Å². The molecule has 0 N–H and O–H groups in total. The smallest absolute Gasteiger partial charge is 0.406 e. The lowest BCUT2D eigenvalue weighted by molar-refractivity contribution is -0.274. The second kappa shape index (κ2) is 8.97. The number of alkyl halides is 3. The van der Waals surface area contributed by atoms with Gasteiger partial charge in [-0.3, -0.25) is 0 Å². The maximum atomic E-state index is 15.1. The summed E-state index contributed by atoms with van der Waals surface area (Å²) in [5.41, 5.74) is 2.26. The van der Waals surface area contributed by atoms with Gasteiger partial charge in [0.15, 0.2) is 0 Å². The van der Waals surface area contributed by atoms with Crippen LogP contribution in [0.4, 0.5) is 22.0 Å². The van der Waals surface area contributed by atoms with E-state index in [0.29, 0.717) is 24.0 Å². The van der Waals surface area contributed by atoms with Gasteiger partial charge in [0.1, 0.15) is 17.4 Å². The number of halogens is 5. The summed E-state index contributed by atoms with van der Waals surface area (Å²) in [7, 11) is 0. The second-order valence-corrected chi connectivity index (χ2v) is 7.31. The molecular weight excluding hydrogens is 387 g/mol. The molecule has 156 valence electrons. The van der Waals surface area contributed by atoms with Crippen LogP contribution < -0.4 is 4.74 Å². The molecule has 0 radical (unpaired) electrons. The van der Waals surface area contributed by atoms with Crippen molar-refractivity contribution in [3.05, 3.63) is 64.7 Å². The van der Waals surface area contributed by atoms with Gasteiger partial charge >= 0.3 is 6.36 Å². The maximum Gasteiger partial charge on any atom is 0.573 e. The van der Waals surface area contributed by atoms with E-state index in [2.05, 4.69) is 11.7 Å². The van der Waals surface area contributed by atoms with Crippen molar-refractivity contribution in [2.75, 3.05) is 0 Å². The molecule has 29 heavy (non-hydrogen) atoms. The summed E-state index contributed by atoms with van der Waals surface area (Å²) in [6, 6.07) is 5.91. The average molecular weight is 410 g/mol. The molecule has 0 unspecified atom stereocenters. The van der Waals surface area contributed by atoms with Gasteiger partial charge in [0.2, 0.25) is 0 Å². The summed E-state index contributed by atoms with van der Waals surface area (Å²) >= 11 is 0. The number of hydrogen-bond acceptors (Lipinski definition) is 1. The first kappa shape index (κ1) is 21.3. The van der Waals surface area contributed by atoms with E-state index >= 15 is 4.39 Å². The molecule has 1 aliphatic carbocycles. The van der Waals surface area contributed by atoms with E-state index < -0.39 is 23.7 Å². The van der Waals surface area contributed by atoms with Crippen molar-refractivity contribution in [1.29, 1.82) is 0 Å². The van der Waals surface area contributed by atoms with E-state index in [1.54, 1.807) is 0 Å². The molecule has 2 aromatic carbocycles. The first-order valence-electron chi connectivity index (χ1n) is 9.82. The van der Waals surface area contributed by atoms with Gasteiger partial charge in [-0.15, -0.1) is 13.2 Å². The van der Waals surface area contributed by atoms with Crippen LogP contribution in [0, 0.1) is 11.6 Å². The quantitative estimate of drug-likeness (QED) is 0.260. The third-order valence-electron chi connectivity index (χ3n) is 5.15.